The average molecular weight is 700 g/mol. The Morgan fingerprint density at radius 1 is 1.00 bits per heavy atom. The van der Waals surface area contributed by atoms with Crippen molar-refractivity contribution in [1.82, 2.24) is 25.2 Å². The number of likely N-dealkylation sites (tertiary alicyclic amines) is 1. The van der Waals surface area contributed by atoms with E-state index in [1.165, 1.54) is 21.7 Å². The first-order valence-electron chi connectivity index (χ1n) is 17.2. The van der Waals surface area contributed by atoms with Crippen molar-refractivity contribution in [1.29, 1.82) is 0 Å². The molecule has 0 aromatic rings. The molecule has 274 valence electrons. The second-order valence-electron chi connectivity index (χ2n) is 15.5. The van der Waals surface area contributed by atoms with Crippen LogP contribution in [0.25, 0.3) is 0 Å². The maximum atomic E-state index is 14.0. The molecular formula is C33H61N7O7S+2. The Kier molecular flexibility index (Phi) is 15.7. The highest BCUT2D eigenvalue weighted by Crippen LogP contribution is 2.30. The van der Waals surface area contributed by atoms with Crippen molar-refractivity contribution in [3.63, 3.8) is 0 Å². The second-order valence-corrected chi connectivity index (χ2v) is 16.5. The van der Waals surface area contributed by atoms with E-state index in [9.17, 15) is 32.7 Å². The number of thiol groups is 1. The molecule has 14 nitrogen and oxygen atoms in total. The lowest BCUT2D eigenvalue weighted by Crippen LogP contribution is -2.89. The van der Waals surface area contributed by atoms with Gasteiger partial charge < -0.3 is 31.9 Å². The number of rotatable bonds is 17. The number of Topliss-reactive ketones (excluding diaryl/α,β-unsaturated/α-hetero) is 1. The highest BCUT2D eigenvalue weighted by Gasteiger charge is 2.43. The minimum Gasteiger partial charge on any atom is -0.363 e. The van der Waals surface area contributed by atoms with Crippen LogP contribution in [-0.4, -0.2) is 99.7 Å². The van der Waals surface area contributed by atoms with Crippen LogP contribution >= 0.6 is 0 Å². The molecule has 1 saturated heterocycles. The molecule has 8 N–H and O–H groups in total. The average Bonchev–Trinajstić information content (AvgIpc) is 3.43. The van der Waals surface area contributed by atoms with Gasteiger partial charge in [0.25, 0.3) is 17.2 Å². The number of allylic oxidation sites excluding steroid dienone is 1. The van der Waals surface area contributed by atoms with Crippen molar-refractivity contribution in [3.05, 3.63) is 12.2 Å². The number of primary amides is 1. The molecule has 0 radical (unpaired) electrons. The Hall–Kier alpha value is -2.88. The summed E-state index contributed by atoms with van der Waals surface area (Å²) in [6.07, 6.45) is 8.34. The van der Waals surface area contributed by atoms with Gasteiger partial charge in [-0.2, -0.15) is 4.55 Å². The summed E-state index contributed by atoms with van der Waals surface area (Å²) in [5, 5.41) is 10.5. The Morgan fingerprint density at radius 2 is 1.65 bits per heavy atom. The zero-order valence-electron chi connectivity index (χ0n) is 30.1. The third-order valence-corrected chi connectivity index (χ3v) is 10.3. The third-order valence-electron chi connectivity index (χ3n) is 9.20. The summed E-state index contributed by atoms with van der Waals surface area (Å²) < 4.78 is 22.7. The zero-order valence-corrected chi connectivity index (χ0v) is 31.0. The summed E-state index contributed by atoms with van der Waals surface area (Å²) in [5.41, 5.74) is 4.22. The fraction of sp³-hybridized carbons (Fsp3) is 0.788. The van der Waals surface area contributed by atoms with Crippen LogP contribution in [0.3, 0.4) is 0 Å². The number of nitrogens with two attached hydrogens (primary N) is 2. The van der Waals surface area contributed by atoms with Crippen LogP contribution in [0, 0.1) is 16.7 Å². The van der Waals surface area contributed by atoms with Crippen LogP contribution in [0.1, 0.15) is 93.9 Å². The number of hydrogen-bond donors (Lipinski definition) is 6. The number of urea groups is 1. The number of quaternary nitrogens is 1. The van der Waals surface area contributed by atoms with Gasteiger partial charge in [0, 0.05) is 6.54 Å². The Bertz CT molecular complexity index is 1190. The Labute approximate surface area is 288 Å². The number of carbonyl (C=O) groups excluding carboxylic acids is 5. The Balaban J connectivity index is 2.11. The molecule has 1 heterocycles. The third kappa shape index (κ3) is 12.5. The van der Waals surface area contributed by atoms with E-state index in [1.54, 1.807) is 6.08 Å². The van der Waals surface area contributed by atoms with E-state index in [2.05, 4.69) is 16.0 Å². The molecule has 2 aliphatic rings. The van der Waals surface area contributed by atoms with Gasteiger partial charge in [-0.15, -0.1) is 0 Å². The van der Waals surface area contributed by atoms with Gasteiger partial charge in [-0.05, 0) is 54.1 Å². The van der Waals surface area contributed by atoms with E-state index in [1.807, 2.05) is 60.7 Å². The first-order chi connectivity index (χ1) is 22.2. The molecule has 15 heteroatoms. The summed E-state index contributed by atoms with van der Waals surface area (Å²) in [4.78, 5) is 66.6. The molecule has 1 aliphatic carbocycles. The van der Waals surface area contributed by atoms with Crippen molar-refractivity contribution in [2.75, 3.05) is 26.2 Å². The van der Waals surface area contributed by atoms with Gasteiger partial charge >= 0.3 is 6.03 Å². The van der Waals surface area contributed by atoms with Crippen LogP contribution in [0.5, 0.6) is 0 Å². The Morgan fingerprint density at radius 3 is 2.15 bits per heavy atom. The topological polar surface area (TPSA) is 208 Å². The van der Waals surface area contributed by atoms with Crippen LogP contribution in [-0.2, 0) is 34.7 Å². The maximum Gasteiger partial charge on any atom is 0.315 e. The van der Waals surface area contributed by atoms with E-state index >= 15 is 0 Å². The van der Waals surface area contributed by atoms with Gasteiger partial charge in [-0.3, -0.25) is 19.2 Å². The van der Waals surface area contributed by atoms with Gasteiger partial charge in [-0.1, -0.05) is 77.3 Å². The molecule has 5 amide bonds. The lowest BCUT2D eigenvalue weighted by atomic mass is 9.83. The molecule has 0 aromatic heterocycles. The minimum atomic E-state index is -2.44. The molecule has 0 aromatic carbocycles. The molecule has 2 rings (SSSR count). The molecule has 0 bridgehead atoms. The predicted molar refractivity (Wildman–Crippen MR) is 186 cm³/mol. The molecular weight excluding hydrogens is 638 g/mol. The number of nitrogens with zero attached hydrogens (tertiary/aromatic N) is 2. The summed E-state index contributed by atoms with van der Waals surface area (Å²) >= 11 is -2.44. The van der Waals surface area contributed by atoms with E-state index < -0.39 is 64.3 Å². The van der Waals surface area contributed by atoms with Gasteiger partial charge in [0.2, 0.25) is 17.6 Å². The fourth-order valence-electron chi connectivity index (χ4n) is 5.87. The van der Waals surface area contributed by atoms with Crippen LogP contribution in [0.15, 0.2) is 12.2 Å². The van der Waals surface area contributed by atoms with Crippen molar-refractivity contribution in [2.24, 2.45) is 22.5 Å². The predicted octanol–water partition coefficient (Wildman–Crippen LogP) is 0.750. The first-order valence-corrected chi connectivity index (χ1v) is 18.3. The largest absolute Gasteiger partial charge is 0.363 e. The summed E-state index contributed by atoms with van der Waals surface area (Å²) in [7, 11) is 0. The van der Waals surface area contributed by atoms with E-state index in [4.69, 9.17) is 5.73 Å². The van der Waals surface area contributed by atoms with Crippen molar-refractivity contribution in [3.8, 4) is 0 Å². The van der Waals surface area contributed by atoms with Crippen LogP contribution in [0.2, 0.25) is 0 Å². The second kappa shape index (κ2) is 18.2. The summed E-state index contributed by atoms with van der Waals surface area (Å²) in [6.45, 7) is 17.0. The molecule has 2 fully saturated rings. The van der Waals surface area contributed by atoms with Gasteiger partial charge in [-0.25, -0.2) is 4.79 Å². The smallest absolute Gasteiger partial charge is 0.315 e. The molecule has 48 heavy (non-hydrogen) atoms. The summed E-state index contributed by atoms with van der Waals surface area (Å²) in [6, 6.07) is -3.98. The number of hydrogen-bond acceptors (Lipinski definition) is 6. The van der Waals surface area contributed by atoms with E-state index in [-0.39, 0.29) is 17.5 Å². The maximum absolute atomic E-state index is 14.0. The lowest BCUT2D eigenvalue weighted by Gasteiger charge is -2.36. The minimum absolute atomic E-state index is 0.0834. The molecule has 0 spiro atoms. The SMILES string of the molecule is CC(C)N(CC[NH2+]C[C@@H](NC(=O)N[C@H](C(=O)N1CCC[C@H]1C(=O)NC(/C=C/CC1CCC1)C(=O)C(N)=O)C(C)(C)C)C(C)(C)C)[SH+](=O)O. The molecule has 1 aliphatic heterocycles. The molecule has 2 unspecified atom stereocenters. The number of ketones is 1. The fourth-order valence-corrected chi connectivity index (χ4v) is 6.55. The number of amides is 5. The quantitative estimate of drug-likeness (QED) is 0.0422. The normalized spacial score (nSPS) is 19.9. The van der Waals surface area contributed by atoms with Crippen molar-refractivity contribution in [2.45, 2.75) is 124 Å². The van der Waals surface area contributed by atoms with Gasteiger partial charge in [0.15, 0.2) is 0 Å². The van der Waals surface area contributed by atoms with Gasteiger partial charge in [0.1, 0.15) is 18.1 Å². The molecule has 1 saturated carbocycles. The molecule has 5 atom stereocenters. The van der Waals surface area contributed by atoms with E-state index in [0.717, 1.165) is 19.3 Å². The standard InChI is InChI=1S/C33H59N7O7S/c1-21(2)40(48(46)47)19-17-35-20-25(32(3,4)5)37-31(45)38-27(33(6,7)8)30(44)39-18-11-16-24(39)29(43)36-23(26(41)28(34)42)15-10-14-22-12-9-13-22/h10,15,21-25,27,35H,9,11-14,16-20H2,1-8H3,(H2,34,42)(H,36,43)(H,46,47)(H2,37,38,45)/p+2/b15-10+/t23?,24-,25+,27+/m0/s1. The lowest BCUT2D eigenvalue weighted by molar-refractivity contribution is -0.657. The summed E-state index contributed by atoms with van der Waals surface area (Å²) in [5.74, 6) is -2.53. The van der Waals surface area contributed by atoms with Gasteiger partial charge in [0.05, 0.1) is 31.7 Å². The number of nitrogens with one attached hydrogen (secondary N) is 3. The van der Waals surface area contributed by atoms with Crippen LogP contribution < -0.4 is 27.0 Å². The highest BCUT2D eigenvalue weighted by atomic mass is 32.2. The van der Waals surface area contributed by atoms with Crippen molar-refractivity contribution < 1.29 is 38.1 Å². The monoisotopic (exact) mass is 699 g/mol. The van der Waals surface area contributed by atoms with Crippen molar-refractivity contribution >= 4 is 40.8 Å². The highest BCUT2D eigenvalue weighted by molar-refractivity contribution is 7.76. The van der Waals surface area contributed by atoms with Crippen LogP contribution in [0.4, 0.5) is 4.79 Å². The van der Waals surface area contributed by atoms with E-state index in [0.29, 0.717) is 44.9 Å². The first kappa shape index (κ1) is 41.3. The number of carbonyl (C=O) groups is 5. The zero-order chi connectivity index (χ0) is 36.4.